The molecule has 3 rings (SSSR count). The second-order valence-corrected chi connectivity index (χ2v) is 7.55. The van der Waals surface area contributed by atoms with Gasteiger partial charge in [0.25, 0.3) is 0 Å². The van der Waals surface area contributed by atoms with Crippen molar-refractivity contribution in [3.63, 3.8) is 0 Å². The average molecular weight is 329 g/mol. The maximum Gasteiger partial charge on any atom is 0.236 e. The molecule has 3 heteroatoms. The quantitative estimate of drug-likeness (QED) is 0.822. The van der Waals surface area contributed by atoms with Crippen molar-refractivity contribution in [3.05, 3.63) is 35.9 Å². The van der Waals surface area contributed by atoms with Gasteiger partial charge in [0.1, 0.15) is 0 Å². The fraction of sp³-hybridized carbons (Fsp3) is 0.667. The van der Waals surface area contributed by atoms with E-state index >= 15 is 0 Å². The molecule has 0 N–H and O–H groups in total. The van der Waals surface area contributed by atoms with E-state index in [1.165, 1.54) is 44.1 Å². The minimum atomic E-state index is 0.364. The number of hydrogen-bond acceptors (Lipinski definition) is 2. The Kier molecular flexibility index (Phi) is 6.30. The van der Waals surface area contributed by atoms with E-state index in [0.29, 0.717) is 18.5 Å². The zero-order valence-corrected chi connectivity index (χ0v) is 15.1. The van der Waals surface area contributed by atoms with Crippen LogP contribution in [0.2, 0.25) is 0 Å². The topological polar surface area (TPSA) is 23.6 Å². The van der Waals surface area contributed by atoms with E-state index in [9.17, 15) is 4.79 Å². The van der Waals surface area contributed by atoms with Crippen LogP contribution in [0.5, 0.6) is 0 Å². The third kappa shape index (κ3) is 4.60. The van der Waals surface area contributed by atoms with E-state index in [1.54, 1.807) is 0 Å². The van der Waals surface area contributed by atoms with Crippen molar-refractivity contribution in [1.29, 1.82) is 0 Å². The monoisotopic (exact) mass is 328 g/mol. The minimum Gasteiger partial charge on any atom is -0.339 e. The first kappa shape index (κ1) is 17.5. The number of hydrogen-bond donors (Lipinski definition) is 0. The summed E-state index contributed by atoms with van der Waals surface area (Å²) in [6.45, 7) is 5.98. The Morgan fingerprint density at radius 3 is 2.50 bits per heavy atom. The lowest BCUT2D eigenvalue weighted by molar-refractivity contribution is -0.136. The molecule has 1 amide bonds. The van der Waals surface area contributed by atoms with Crippen molar-refractivity contribution in [2.45, 2.75) is 57.9 Å². The van der Waals surface area contributed by atoms with Gasteiger partial charge in [0.15, 0.2) is 0 Å². The molecule has 1 aromatic rings. The summed E-state index contributed by atoms with van der Waals surface area (Å²) in [6, 6.07) is 11.3. The molecule has 132 valence electrons. The fourth-order valence-electron chi connectivity index (χ4n) is 4.33. The largest absolute Gasteiger partial charge is 0.339 e. The summed E-state index contributed by atoms with van der Waals surface area (Å²) in [5.74, 6) is 1.14. The van der Waals surface area contributed by atoms with Crippen LogP contribution >= 0.6 is 0 Å². The standard InChI is InChI=1S/C21H32N2O/c1-2-20-10-6-7-13-23(20)21(24)17-22-14-11-19(12-15-22)16-18-8-4-3-5-9-18/h3-5,8-9,19-20H,2,6-7,10-17H2,1H3. The van der Waals surface area contributed by atoms with Gasteiger partial charge in [0.2, 0.25) is 5.91 Å². The number of amides is 1. The van der Waals surface area contributed by atoms with Crippen LogP contribution in [0.25, 0.3) is 0 Å². The van der Waals surface area contributed by atoms with Gasteiger partial charge in [-0.25, -0.2) is 0 Å². The first-order valence-electron chi connectivity index (χ1n) is 9.82. The number of piperidine rings is 2. The molecule has 3 nitrogen and oxygen atoms in total. The fourth-order valence-corrected chi connectivity index (χ4v) is 4.33. The number of carbonyl (C=O) groups excluding carboxylic acids is 1. The molecule has 24 heavy (non-hydrogen) atoms. The van der Waals surface area contributed by atoms with Crippen LogP contribution in [0.15, 0.2) is 30.3 Å². The van der Waals surface area contributed by atoms with Gasteiger partial charge in [-0.15, -0.1) is 0 Å². The third-order valence-electron chi connectivity index (χ3n) is 5.85. The molecule has 0 spiro atoms. The van der Waals surface area contributed by atoms with Crippen LogP contribution in [-0.4, -0.2) is 47.9 Å². The van der Waals surface area contributed by atoms with Crippen LogP contribution in [0.1, 0.15) is 51.0 Å². The van der Waals surface area contributed by atoms with Gasteiger partial charge < -0.3 is 4.90 Å². The molecule has 2 saturated heterocycles. The molecule has 1 aromatic carbocycles. The Labute approximate surface area is 147 Å². The molecular formula is C21H32N2O. The maximum absolute atomic E-state index is 12.7. The SMILES string of the molecule is CCC1CCCCN1C(=O)CN1CCC(Cc2ccccc2)CC1. The molecular weight excluding hydrogens is 296 g/mol. The van der Waals surface area contributed by atoms with Crippen LogP contribution in [0.3, 0.4) is 0 Å². The Bertz CT molecular complexity index is 508. The lowest BCUT2D eigenvalue weighted by Crippen LogP contribution is -2.49. The molecule has 0 aromatic heterocycles. The van der Waals surface area contributed by atoms with E-state index in [2.05, 4.69) is 47.1 Å². The summed E-state index contributed by atoms with van der Waals surface area (Å²) in [5.41, 5.74) is 1.45. The number of likely N-dealkylation sites (tertiary alicyclic amines) is 2. The first-order chi connectivity index (χ1) is 11.8. The summed E-state index contributed by atoms with van der Waals surface area (Å²) in [6.07, 6.45) is 8.40. The average Bonchev–Trinajstić information content (AvgIpc) is 2.64. The van der Waals surface area contributed by atoms with Crippen LogP contribution < -0.4 is 0 Å². The predicted molar refractivity (Wildman–Crippen MR) is 99.0 cm³/mol. The molecule has 0 bridgehead atoms. The maximum atomic E-state index is 12.7. The third-order valence-corrected chi connectivity index (χ3v) is 5.85. The van der Waals surface area contributed by atoms with E-state index < -0.39 is 0 Å². The molecule has 2 aliphatic rings. The highest BCUT2D eigenvalue weighted by atomic mass is 16.2. The lowest BCUT2D eigenvalue weighted by atomic mass is 9.90. The Hall–Kier alpha value is -1.35. The van der Waals surface area contributed by atoms with Gasteiger partial charge in [-0.3, -0.25) is 9.69 Å². The molecule has 0 aliphatic carbocycles. The zero-order chi connectivity index (χ0) is 16.8. The van der Waals surface area contributed by atoms with Gasteiger partial charge >= 0.3 is 0 Å². The van der Waals surface area contributed by atoms with Crippen molar-refractivity contribution >= 4 is 5.91 Å². The summed E-state index contributed by atoms with van der Waals surface area (Å²) in [4.78, 5) is 17.2. The van der Waals surface area contributed by atoms with Crippen molar-refractivity contribution < 1.29 is 4.79 Å². The first-order valence-corrected chi connectivity index (χ1v) is 9.82. The summed E-state index contributed by atoms with van der Waals surface area (Å²) < 4.78 is 0. The van der Waals surface area contributed by atoms with E-state index in [4.69, 9.17) is 0 Å². The Morgan fingerprint density at radius 2 is 1.79 bits per heavy atom. The van der Waals surface area contributed by atoms with Gasteiger partial charge in [-0.05, 0) is 69.5 Å². The lowest BCUT2D eigenvalue weighted by Gasteiger charge is -2.38. The molecule has 1 unspecified atom stereocenters. The molecule has 2 aliphatic heterocycles. The molecule has 1 atom stereocenters. The number of carbonyl (C=O) groups is 1. The van der Waals surface area contributed by atoms with Crippen molar-refractivity contribution in [1.82, 2.24) is 9.80 Å². The molecule has 0 radical (unpaired) electrons. The normalized spacial score (nSPS) is 23.4. The van der Waals surface area contributed by atoms with Gasteiger partial charge in [-0.1, -0.05) is 37.3 Å². The summed E-state index contributed by atoms with van der Waals surface area (Å²) in [5, 5.41) is 0. The number of nitrogens with zero attached hydrogens (tertiary/aromatic N) is 2. The zero-order valence-electron chi connectivity index (χ0n) is 15.1. The Morgan fingerprint density at radius 1 is 1.04 bits per heavy atom. The number of benzene rings is 1. The second kappa shape index (κ2) is 8.66. The van der Waals surface area contributed by atoms with Gasteiger partial charge in [0, 0.05) is 12.6 Å². The highest BCUT2D eigenvalue weighted by Gasteiger charge is 2.28. The van der Waals surface area contributed by atoms with Crippen LogP contribution in [0, 0.1) is 5.92 Å². The highest BCUT2D eigenvalue weighted by Crippen LogP contribution is 2.23. The summed E-state index contributed by atoms with van der Waals surface area (Å²) >= 11 is 0. The van der Waals surface area contributed by atoms with Crippen LogP contribution in [-0.2, 0) is 11.2 Å². The predicted octanol–water partition coefficient (Wildman–Crippen LogP) is 3.73. The van der Waals surface area contributed by atoms with Gasteiger partial charge in [-0.2, -0.15) is 0 Å². The molecule has 2 heterocycles. The van der Waals surface area contributed by atoms with E-state index in [0.717, 1.165) is 32.0 Å². The van der Waals surface area contributed by atoms with E-state index in [-0.39, 0.29) is 0 Å². The number of rotatable bonds is 5. The smallest absolute Gasteiger partial charge is 0.236 e. The van der Waals surface area contributed by atoms with E-state index in [1.807, 2.05) is 0 Å². The van der Waals surface area contributed by atoms with Crippen molar-refractivity contribution in [3.8, 4) is 0 Å². The highest BCUT2D eigenvalue weighted by molar-refractivity contribution is 5.78. The Balaban J connectivity index is 1.44. The second-order valence-electron chi connectivity index (χ2n) is 7.55. The minimum absolute atomic E-state index is 0.364. The van der Waals surface area contributed by atoms with Crippen molar-refractivity contribution in [2.75, 3.05) is 26.2 Å². The molecule has 2 fully saturated rings. The molecule has 0 saturated carbocycles. The van der Waals surface area contributed by atoms with Gasteiger partial charge in [0.05, 0.1) is 6.54 Å². The summed E-state index contributed by atoms with van der Waals surface area (Å²) in [7, 11) is 0. The van der Waals surface area contributed by atoms with Crippen molar-refractivity contribution in [2.24, 2.45) is 5.92 Å². The van der Waals surface area contributed by atoms with Crippen LogP contribution in [0.4, 0.5) is 0 Å².